The molecule has 6 heterocycles. The van der Waals surface area contributed by atoms with Gasteiger partial charge in [-0.15, -0.1) is 0 Å². The summed E-state index contributed by atoms with van der Waals surface area (Å²) in [4.78, 5) is 16.7. The molecule has 2 atom stereocenters. The van der Waals surface area contributed by atoms with Crippen LogP contribution in [0.4, 0.5) is 0 Å². The summed E-state index contributed by atoms with van der Waals surface area (Å²) in [6.07, 6.45) is 17.0. The highest BCUT2D eigenvalue weighted by Gasteiger charge is 2.33. The van der Waals surface area contributed by atoms with Crippen LogP contribution < -0.4 is 4.74 Å². The normalized spacial score (nSPS) is 22.2. The fourth-order valence-corrected chi connectivity index (χ4v) is 6.79. The number of hydrogen-bond acceptors (Lipinski definition) is 10. The molecule has 1 N–H and O–H groups in total. The highest BCUT2D eigenvalue weighted by atomic mass is 35.5. The van der Waals surface area contributed by atoms with Crippen LogP contribution in [0, 0.1) is 10.8 Å². The number of ether oxygens (including phenoxy) is 3. The zero-order valence-electron chi connectivity index (χ0n) is 27.0. The van der Waals surface area contributed by atoms with Crippen LogP contribution in [0.3, 0.4) is 0 Å². The largest absolute Gasteiger partial charge is 0.476 e. The molecule has 2 unspecified atom stereocenters. The van der Waals surface area contributed by atoms with E-state index in [1.165, 1.54) is 38.5 Å². The van der Waals surface area contributed by atoms with E-state index in [1.807, 2.05) is 0 Å². The van der Waals surface area contributed by atoms with E-state index in [0.29, 0.717) is 46.3 Å². The average Bonchev–Trinajstić information content (AvgIpc) is 3.68. The van der Waals surface area contributed by atoms with Crippen molar-refractivity contribution in [2.75, 3.05) is 26.4 Å². The second-order valence-electron chi connectivity index (χ2n) is 13.7. The third-order valence-corrected chi connectivity index (χ3v) is 10.3. The van der Waals surface area contributed by atoms with Gasteiger partial charge < -0.3 is 19.3 Å². The molecule has 0 aromatic carbocycles. The molecule has 12 nitrogen and oxygen atoms in total. The first-order chi connectivity index (χ1) is 22.7. The first-order valence-corrected chi connectivity index (χ1v) is 17.7. The molecular weight excluding hydrogens is 691 g/mol. The van der Waals surface area contributed by atoms with E-state index in [4.69, 9.17) is 54.1 Å². The second-order valence-corrected chi connectivity index (χ2v) is 14.7. The summed E-state index contributed by atoms with van der Waals surface area (Å²) >= 11 is 17.9. The van der Waals surface area contributed by atoms with Gasteiger partial charge in [0, 0.05) is 25.2 Å². The molecule has 0 amide bonds. The van der Waals surface area contributed by atoms with Crippen molar-refractivity contribution in [1.29, 1.82) is 0 Å². The van der Waals surface area contributed by atoms with Gasteiger partial charge in [-0.05, 0) is 92.8 Å². The van der Waals surface area contributed by atoms with Gasteiger partial charge in [-0.2, -0.15) is 25.1 Å². The smallest absolute Gasteiger partial charge is 0.229 e. The zero-order chi connectivity index (χ0) is 33.0. The van der Waals surface area contributed by atoms with E-state index in [1.54, 1.807) is 21.8 Å². The Hall–Kier alpha value is -2.35. The summed E-state index contributed by atoms with van der Waals surface area (Å²) in [6, 6.07) is 0. The fraction of sp³-hybridized carbons (Fsp3) is 0.706. The lowest BCUT2D eigenvalue weighted by atomic mass is 9.71. The van der Waals surface area contributed by atoms with Gasteiger partial charge in [-0.1, -0.05) is 53.1 Å². The van der Waals surface area contributed by atoms with E-state index in [2.05, 4.69) is 44.0 Å². The van der Waals surface area contributed by atoms with E-state index in [-0.39, 0.29) is 43.3 Å². The lowest BCUT2D eigenvalue weighted by Crippen LogP contribution is -2.32. The predicted octanol–water partition coefficient (Wildman–Crippen LogP) is 9.02. The molecule has 0 radical (unpaired) electrons. The van der Waals surface area contributed by atoms with Crippen molar-refractivity contribution in [3.05, 3.63) is 28.1 Å². The van der Waals surface area contributed by atoms with Crippen LogP contribution in [0.5, 0.6) is 5.88 Å². The molecular formula is C34H51Cl3N8O4. The molecule has 2 aliphatic carbocycles. The maximum Gasteiger partial charge on any atom is 0.229 e. The molecule has 2 aliphatic heterocycles. The van der Waals surface area contributed by atoms with Crippen LogP contribution in [0.15, 0.2) is 12.4 Å². The SMILES string of the molecule is C.C.CC1(CO)CCC1.CC1(COc2nc(Cl)nc3c2cnn3C2CCCCO2)CCC1.Clc1nc(Cl)c2cnn(C3CCCCO3)c2n1. The number of aliphatic hydroxyl groups is 1. The third kappa shape index (κ3) is 9.31. The molecule has 2 saturated heterocycles. The van der Waals surface area contributed by atoms with Crippen molar-refractivity contribution in [3.63, 3.8) is 0 Å². The van der Waals surface area contributed by atoms with E-state index in [9.17, 15) is 0 Å². The number of aliphatic hydroxyl groups excluding tert-OH is 1. The first-order valence-electron chi connectivity index (χ1n) is 16.6. The molecule has 0 bridgehead atoms. The fourth-order valence-electron chi connectivity index (χ4n) is 6.21. The average molecular weight is 742 g/mol. The molecule has 2 saturated carbocycles. The molecule has 4 aliphatic rings. The van der Waals surface area contributed by atoms with E-state index < -0.39 is 0 Å². The second kappa shape index (κ2) is 17.2. The minimum atomic E-state index is -0.0803. The number of rotatable bonds is 6. The summed E-state index contributed by atoms with van der Waals surface area (Å²) in [5.74, 6) is 0.523. The van der Waals surface area contributed by atoms with Crippen molar-refractivity contribution in [2.45, 2.75) is 118 Å². The lowest BCUT2D eigenvalue weighted by Gasteiger charge is -2.37. The van der Waals surface area contributed by atoms with Crippen LogP contribution in [0.1, 0.15) is 118 Å². The predicted molar refractivity (Wildman–Crippen MR) is 193 cm³/mol. The van der Waals surface area contributed by atoms with Gasteiger partial charge in [0.15, 0.2) is 23.8 Å². The summed E-state index contributed by atoms with van der Waals surface area (Å²) in [5, 5.41) is 19.5. The van der Waals surface area contributed by atoms with Crippen LogP contribution in [0.25, 0.3) is 22.1 Å². The lowest BCUT2D eigenvalue weighted by molar-refractivity contribution is -0.0371. The Morgan fingerprint density at radius 2 is 1.24 bits per heavy atom. The Bertz CT molecular complexity index is 1640. The Labute approximate surface area is 304 Å². The minimum absolute atomic E-state index is 0. The van der Waals surface area contributed by atoms with Crippen LogP contribution in [-0.4, -0.2) is 71.0 Å². The number of hydrogen-bond donors (Lipinski definition) is 1. The van der Waals surface area contributed by atoms with Gasteiger partial charge in [0.25, 0.3) is 0 Å². The molecule has 4 fully saturated rings. The standard InChI is InChI=1S/C16H21ClN4O2.C10H10Cl2N4O.C6H12O.2CH4/c1-16(6-4-7-16)10-23-14-11-9-18-21(12-5-2-3-8-22-12)13(11)19-15(17)20-14;11-8-6-5-13-16(7-3-1-2-4-17-7)9(6)15-10(12)14-8;1-6(5-7)3-2-4-6;;/h9,12H,2-8,10H2,1H3;5,7H,1-4H2;7H,2-5H2,1H3;2*1H4. The number of aromatic nitrogens is 8. The third-order valence-electron chi connectivity index (χ3n) is 9.69. The number of halogens is 3. The quantitative estimate of drug-likeness (QED) is 0.151. The Morgan fingerprint density at radius 1 is 0.735 bits per heavy atom. The molecule has 272 valence electrons. The van der Waals surface area contributed by atoms with Crippen molar-refractivity contribution < 1.29 is 19.3 Å². The molecule has 49 heavy (non-hydrogen) atoms. The van der Waals surface area contributed by atoms with Gasteiger partial charge in [0.1, 0.15) is 10.5 Å². The summed E-state index contributed by atoms with van der Waals surface area (Å²) in [6.45, 7) is 6.92. The topological polar surface area (TPSA) is 135 Å². The summed E-state index contributed by atoms with van der Waals surface area (Å²) in [7, 11) is 0. The van der Waals surface area contributed by atoms with Gasteiger partial charge in [0.05, 0.1) is 24.4 Å². The van der Waals surface area contributed by atoms with Crippen LogP contribution in [-0.2, 0) is 9.47 Å². The molecule has 4 aromatic rings. The Kier molecular flexibility index (Phi) is 13.9. The monoisotopic (exact) mass is 740 g/mol. The highest BCUT2D eigenvalue weighted by Crippen LogP contribution is 2.41. The van der Waals surface area contributed by atoms with Crippen molar-refractivity contribution in [2.24, 2.45) is 10.8 Å². The van der Waals surface area contributed by atoms with Crippen LogP contribution >= 0.6 is 34.8 Å². The summed E-state index contributed by atoms with van der Waals surface area (Å²) in [5.41, 5.74) is 1.89. The van der Waals surface area contributed by atoms with Crippen LogP contribution in [0.2, 0.25) is 15.7 Å². The molecule has 8 rings (SSSR count). The van der Waals surface area contributed by atoms with E-state index >= 15 is 0 Å². The molecule has 0 spiro atoms. The number of nitrogens with zero attached hydrogens (tertiary/aromatic N) is 8. The highest BCUT2D eigenvalue weighted by molar-refractivity contribution is 6.35. The maximum atomic E-state index is 8.65. The minimum Gasteiger partial charge on any atom is -0.476 e. The zero-order valence-corrected chi connectivity index (χ0v) is 29.3. The van der Waals surface area contributed by atoms with Crippen molar-refractivity contribution >= 4 is 56.9 Å². The Balaban J connectivity index is 0.000000183. The first kappa shape index (κ1) is 39.4. The molecule has 15 heteroatoms. The van der Waals surface area contributed by atoms with Gasteiger partial charge >= 0.3 is 0 Å². The van der Waals surface area contributed by atoms with Gasteiger partial charge in [-0.3, -0.25) is 0 Å². The Morgan fingerprint density at radius 3 is 1.69 bits per heavy atom. The van der Waals surface area contributed by atoms with Gasteiger partial charge in [0.2, 0.25) is 16.4 Å². The maximum absolute atomic E-state index is 8.65. The number of fused-ring (bicyclic) bond motifs is 2. The summed E-state index contributed by atoms with van der Waals surface area (Å²) < 4.78 is 21.0. The van der Waals surface area contributed by atoms with Gasteiger partial charge in [-0.25, -0.2) is 14.3 Å². The van der Waals surface area contributed by atoms with Crippen molar-refractivity contribution in [3.8, 4) is 5.88 Å². The van der Waals surface area contributed by atoms with Crippen molar-refractivity contribution in [1.82, 2.24) is 39.5 Å². The molecule has 4 aromatic heterocycles. The van der Waals surface area contributed by atoms with E-state index in [0.717, 1.165) is 57.1 Å².